The van der Waals surface area contributed by atoms with E-state index in [1.165, 1.54) is 0 Å². The summed E-state index contributed by atoms with van der Waals surface area (Å²) >= 11 is 0. The highest BCUT2D eigenvalue weighted by molar-refractivity contribution is 5.33. The Hall–Kier alpha value is -1.97. The lowest BCUT2D eigenvalue weighted by Crippen LogP contribution is -2.13. The predicted molar refractivity (Wildman–Crippen MR) is 45.8 cm³/mol. The first-order chi connectivity index (χ1) is 6.93. The van der Waals surface area contributed by atoms with Gasteiger partial charge in [0, 0.05) is 6.07 Å². The minimum absolute atomic E-state index is 0.187. The van der Waals surface area contributed by atoms with Crippen molar-refractivity contribution in [2.24, 2.45) is 0 Å². The molecule has 7 heteroatoms. The third-order valence-electron chi connectivity index (χ3n) is 1.28. The third kappa shape index (κ3) is 3.02. The molecule has 1 heterocycles. The van der Waals surface area contributed by atoms with Crippen LogP contribution in [0.5, 0.6) is 5.88 Å². The number of aromatic nitrogens is 2. The molecule has 0 aliphatic carbocycles. The zero-order valence-electron chi connectivity index (χ0n) is 7.38. The monoisotopic (exact) mass is 217 g/mol. The third-order valence-corrected chi connectivity index (χ3v) is 1.28. The van der Waals surface area contributed by atoms with E-state index >= 15 is 0 Å². The summed E-state index contributed by atoms with van der Waals surface area (Å²) in [5, 5.41) is 0. The van der Waals surface area contributed by atoms with Crippen molar-refractivity contribution in [2.75, 3.05) is 12.3 Å². The zero-order chi connectivity index (χ0) is 11.5. The summed E-state index contributed by atoms with van der Waals surface area (Å²) in [5.41, 5.74) is 5.15. The average molecular weight is 217 g/mol. The second kappa shape index (κ2) is 4.04. The number of alkyl halides is 3. The first-order valence-electron chi connectivity index (χ1n) is 3.71. The molecule has 1 aromatic rings. The molecule has 1 aromatic heterocycles. The lowest BCUT2D eigenvalue weighted by Gasteiger charge is -2.07. The van der Waals surface area contributed by atoms with Gasteiger partial charge in [0.15, 0.2) is 6.61 Å². The SMILES string of the molecule is C#CCOc1cc(N)nc(C(F)(F)F)n1. The van der Waals surface area contributed by atoms with Gasteiger partial charge < -0.3 is 10.5 Å². The van der Waals surface area contributed by atoms with Crippen LogP contribution in [0.4, 0.5) is 19.0 Å². The largest absolute Gasteiger partial charge is 0.464 e. The lowest BCUT2D eigenvalue weighted by atomic mass is 10.5. The van der Waals surface area contributed by atoms with Crippen LogP contribution in [0.2, 0.25) is 0 Å². The minimum Gasteiger partial charge on any atom is -0.464 e. The van der Waals surface area contributed by atoms with Gasteiger partial charge >= 0.3 is 6.18 Å². The fraction of sp³-hybridized carbons (Fsp3) is 0.250. The molecule has 1 rings (SSSR count). The van der Waals surface area contributed by atoms with Crippen LogP contribution in [0, 0.1) is 12.3 Å². The van der Waals surface area contributed by atoms with E-state index < -0.39 is 12.0 Å². The topological polar surface area (TPSA) is 61.0 Å². The number of nitrogens with two attached hydrogens (primary N) is 1. The fourth-order valence-electron chi connectivity index (χ4n) is 0.759. The smallest absolute Gasteiger partial charge is 0.451 e. The molecular formula is C8H6F3N3O. The minimum atomic E-state index is -4.66. The van der Waals surface area contributed by atoms with Crippen molar-refractivity contribution in [2.45, 2.75) is 6.18 Å². The predicted octanol–water partition coefficient (Wildman–Crippen LogP) is 1.09. The van der Waals surface area contributed by atoms with Crippen molar-refractivity contribution < 1.29 is 17.9 Å². The molecule has 80 valence electrons. The molecule has 0 unspecified atom stereocenters. The molecule has 2 N–H and O–H groups in total. The van der Waals surface area contributed by atoms with E-state index in [0.29, 0.717) is 0 Å². The number of nitrogen functional groups attached to an aromatic ring is 1. The Kier molecular flexibility index (Phi) is 2.99. The lowest BCUT2D eigenvalue weighted by molar-refractivity contribution is -0.145. The van der Waals surface area contributed by atoms with Crippen LogP contribution >= 0.6 is 0 Å². The van der Waals surface area contributed by atoms with Crippen LogP contribution in [0.15, 0.2) is 6.07 Å². The first-order valence-corrected chi connectivity index (χ1v) is 3.71. The molecular weight excluding hydrogens is 211 g/mol. The van der Waals surface area contributed by atoms with Gasteiger partial charge in [-0.3, -0.25) is 0 Å². The Labute approximate surface area is 83.3 Å². The van der Waals surface area contributed by atoms with Gasteiger partial charge in [0.25, 0.3) is 0 Å². The van der Waals surface area contributed by atoms with Crippen LogP contribution in [0.1, 0.15) is 5.82 Å². The van der Waals surface area contributed by atoms with Crippen molar-refractivity contribution in [3.05, 3.63) is 11.9 Å². The summed E-state index contributed by atoms with van der Waals surface area (Å²) < 4.78 is 41.3. The highest BCUT2D eigenvalue weighted by Crippen LogP contribution is 2.28. The van der Waals surface area contributed by atoms with Crippen molar-refractivity contribution in [1.82, 2.24) is 9.97 Å². The molecule has 0 saturated carbocycles. The number of halogens is 3. The summed E-state index contributed by atoms with van der Waals surface area (Å²) in [6.45, 7) is -0.187. The van der Waals surface area contributed by atoms with Gasteiger partial charge in [-0.05, 0) is 0 Å². The maximum atomic E-state index is 12.2. The molecule has 0 spiro atoms. The summed E-state index contributed by atoms with van der Waals surface area (Å²) in [7, 11) is 0. The van der Waals surface area contributed by atoms with E-state index in [-0.39, 0.29) is 18.3 Å². The van der Waals surface area contributed by atoms with Crippen LogP contribution in [-0.2, 0) is 6.18 Å². The van der Waals surface area contributed by atoms with Crippen molar-refractivity contribution in [3.63, 3.8) is 0 Å². The highest BCUT2D eigenvalue weighted by atomic mass is 19.4. The Morgan fingerprint density at radius 1 is 1.47 bits per heavy atom. The fourth-order valence-corrected chi connectivity index (χ4v) is 0.759. The molecule has 15 heavy (non-hydrogen) atoms. The average Bonchev–Trinajstić information content (AvgIpc) is 2.12. The van der Waals surface area contributed by atoms with Gasteiger partial charge in [-0.1, -0.05) is 5.92 Å². The standard InChI is InChI=1S/C8H6F3N3O/c1-2-3-15-6-4-5(12)13-7(14-6)8(9,10)11/h1,4H,3H2,(H2,12,13,14). The van der Waals surface area contributed by atoms with Gasteiger partial charge in [0.05, 0.1) is 0 Å². The molecule has 0 saturated heterocycles. The van der Waals surface area contributed by atoms with Crippen molar-refractivity contribution in [3.8, 4) is 18.2 Å². The molecule has 0 amide bonds. The van der Waals surface area contributed by atoms with Crippen LogP contribution in [-0.4, -0.2) is 16.6 Å². The number of ether oxygens (including phenoxy) is 1. The number of hydrogen-bond acceptors (Lipinski definition) is 4. The van der Waals surface area contributed by atoms with E-state index in [1.807, 2.05) is 0 Å². The van der Waals surface area contributed by atoms with E-state index in [0.717, 1.165) is 6.07 Å². The maximum absolute atomic E-state index is 12.2. The normalized spacial score (nSPS) is 10.8. The number of rotatable bonds is 2. The second-order valence-electron chi connectivity index (χ2n) is 2.45. The van der Waals surface area contributed by atoms with Crippen LogP contribution < -0.4 is 10.5 Å². The summed E-state index contributed by atoms with van der Waals surface area (Å²) in [6.07, 6.45) is 0.203. The van der Waals surface area contributed by atoms with Gasteiger partial charge in [-0.2, -0.15) is 18.2 Å². The number of nitrogens with zero attached hydrogens (tertiary/aromatic N) is 2. The van der Waals surface area contributed by atoms with E-state index in [4.69, 9.17) is 16.9 Å². The molecule has 0 aromatic carbocycles. The highest BCUT2D eigenvalue weighted by Gasteiger charge is 2.35. The van der Waals surface area contributed by atoms with Crippen LogP contribution in [0.25, 0.3) is 0 Å². The van der Waals surface area contributed by atoms with Crippen LogP contribution in [0.3, 0.4) is 0 Å². The Morgan fingerprint density at radius 3 is 2.67 bits per heavy atom. The summed E-state index contributed by atoms with van der Waals surface area (Å²) in [5.74, 6) is 0.109. The van der Waals surface area contributed by atoms with E-state index in [9.17, 15) is 13.2 Å². The summed E-state index contributed by atoms with van der Waals surface area (Å²) in [4.78, 5) is 6.13. The summed E-state index contributed by atoms with van der Waals surface area (Å²) in [6, 6.07) is 1.06. The van der Waals surface area contributed by atoms with Gasteiger partial charge in [-0.15, -0.1) is 6.42 Å². The number of terminal acetylenes is 1. The molecule has 0 aliphatic heterocycles. The van der Waals surface area contributed by atoms with Gasteiger partial charge in [-0.25, -0.2) is 4.98 Å². The zero-order valence-corrected chi connectivity index (χ0v) is 7.38. The van der Waals surface area contributed by atoms with E-state index in [2.05, 4.69) is 15.9 Å². The molecule has 0 bridgehead atoms. The maximum Gasteiger partial charge on any atom is 0.451 e. The molecule has 0 radical (unpaired) electrons. The molecule has 4 nitrogen and oxygen atoms in total. The Bertz CT molecular complexity index is 397. The molecule has 0 atom stereocenters. The van der Waals surface area contributed by atoms with Crippen molar-refractivity contribution in [1.29, 1.82) is 0 Å². The number of anilines is 1. The Morgan fingerprint density at radius 2 is 2.13 bits per heavy atom. The van der Waals surface area contributed by atoms with E-state index in [1.54, 1.807) is 0 Å². The van der Waals surface area contributed by atoms with Gasteiger partial charge in [0.2, 0.25) is 11.7 Å². The molecule has 0 aliphatic rings. The Balaban J connectivity index is 3.01. The van der Waals surface area contributed by atoms with Crippen molar-refractivity contribution >= 4 is 5.82 Å². The molecule has 0 fully saturated rings. The first kappa shape index (κ1) is 11.1. The quantitative estimate of drug-likeness (QED) is 0.753. The van der Waals surface area contributed by atoms with Gasteiger partial charge in [0.1, 0.15) is 5.82 Å². The second-order valence-corrected chi connectivity index (χ2v) is 2.45. The number of hydrogen-bond donors (Lipinski definition) is 1.